The molecule has 3 heterocycles. The summed E-state index contributed by atoms with van der Waals surface area (Å²) in [5.41, 5.74) is 2.41. The number of aryl methyl sites for hydroxylation is 2. The second-order valence-electron chi connectivity index (χ2n) is 7.66. The molecule has 7 heteroatoms. The van der Waals surface area contributed by atoms with Crippen molar-refractivity contribution in [2.45, 2.75) is 57.6 Å². The van der Waals surface area contributed by atoms with E-state index >= 15 is 0 Å². The number of aromatic nitrogens is 4. The molecule has 2 aliphatic rings. The van der Waals surface area contributed by atoms with E-state index in [1.807, 2.05) is 31.0 Å². The Morgan fingerprint density at radius 1 is 1.31 bits per heavy atom. The zero-order valence-electron chi connectivity index (χ0n) is 15.3. The van der Waals surface area contributed by atoms with Crippen molar-refractivity contribution in [1.82, 2.24) is 20.0 Å². The van der Waals surface area contributed by atoms with Crippen LogP contribution in [0.15, 0.2) is 12.3 Å². The molecule has 0 unspecified atom stereocenters. The molecule has 26 heavy (non-hydrogen) atoms. The smallest absolute Gasteiger partial charge is 0.146 e. The molecule has 1 aliphatic heterocycles. The molecule has 1 saturated heterocycles. The highest BCUT2D eigenvalue weighted by Crippen LogP contribution is 2.35. The van der Waals surface area contributed by atoms with Crippen molar-refractivity contribution in [2.75, 3.05) is 18.0 Å². The average molecular weight is 352 g/mol. The maximum atomic E-state index is 11.3. The molecule has 0 spiro atoms. The Labute approximate surface area is 153 Å². The molecule has 0 aromatic carbocycles. The molecule has 4 rings (SSSR count). The number of β-amino-alcohol motifs (C(OH)–C–C–N with tert-alkyl or cyclic N) is 1. The van der Waals surface area contributed by atoms with Gasteiger partial charge in [-0.3, -0.25) is 0 Å². The number of anilines is 1. The van der Waals surface area contributed by atoms with Gasteiger partial charge in [-0.15, -0.1) is 5.10 Å². The Balaban J connectivity index is 1.65. The van der Waals surface area contributed by atoms with Gasteiger partial charge in [-0.25, -0.2) is 9.67 Å². The summed E-state index contributed by atoms with van der Waals surface area (Å²) in [4.78, 5) is 6.83. The van der Waals surface area contributed by atoms with Crippen LogP contribution in [0.3, 0.4) is 0 Å². The van der Waals surface area contributed by atoms with Crippen LogP contribution in [-0.4, -0.2) is 38.2 Å². The summed E-state index contributed by atoms with van der Waals surface area (Å²) < 4.78 is 1.76. The molecule has 136 valence electrons. The molecule has 0 saturated carbocycles. The Morgan fingerprint density at radius 3 is 2.88 bits per heavy atom. The predicted octanol–water partition coefficient (Wildman–Crippen LogP) is 2.10. The topological polar surface area (TPSA) is 90.9 Å². The van der Waals surface area contributed by atoms with Crippen LogP contribution in [-0.2, 0) is 18.4 Å². The van der Waals surface area contributed by atoms with E-state index in [4.69, 9.17) is 4.98 Å². The number of piperidine rings is 1. The summed E-state index contributed by atoms with van der Waals surface area (Å²) >= 11 is 0. The lowest BCUT2D eigenvalue weighted by Crippen LogP contribution is -2.47. The van der Waals surface area contributed by atoms with Gasteiger partial charge in [0.25, 0.3) is 0 Å². The van der Waals surface area contributed by atoms with Crippen molar-refractivity contribution in [3.8, 4) is 6.07 Å². The standard InChI is InChI=1S/C19H24N6O/c1-13(2)25-11-17(22-23-25)19(26)7-4-8-24(12-19)18-15(10-20)9-14-5-3-6-16(14)21-18/h9,11,13,26H,3-8,12H2,1-2H3/t19-/m1/s1. The normalized spacial score (nSPS) is 22.5. The Morgan fingerprint density at radius 2 is 2.15 bits per heavy atom. The van der Waals surface area contributed by atoms with Crippen molar-refractivity contribution in [3.05, 3.63) is 34.8 Å². The molecular formula is C19H24N6O. The van der Waals surface area contributed by atoms with Crippen molar-refractivity contribution < 1.29 is 5.11 Å². The summed E-state index contributed by atoms with van der Waals surface area (Å²) in [5.74, 6) is 0.697. The number of hydrogen-bond acceptors (Lipinski definition) is 6. The van der Waals surface area contributed by atoms with Gasteiger partial charge < -0.3 is 10.0 Å². The molecule has 0 amide bonds. The molecule has 2 aromatic rings. The van der Waals surface area contributed by atoms with Crippen LogP contribution in [0.5, 0.6) is 0 Å². The van der Waals surface area contributed by atoms with E-state index in [9.17, 15) is 10.4 Å². The number of pyridine rings is 1. The van der Waals surface area contributed by atoms with Crippen molar-refractivity contribution >= 4 is 5.82 Å². The third-order valence-corrected chi connectivity index (χ3v) is 5.44. The fourth-order valence-electron chi connectivity index (χ4n) is 3.95. The minimum absolute atomic E-state index is 0.197. The van der Waals surface area contributed by atoms with E-state index in [2.05, 4.69) is 16.4 Å². The third-order valence-electron chi connectivity index (χ3n) is 5.44. The zero-order valence-corrected chi connectivity index (χ0v) is 15.3. The number of hydrogen-bond donors (Lipinski definition) is 1. The van der Waals surface area contributed by atoms with E-state index in [1.54, 1.807) is 4.68 Å². The third kappa shape index (κ3) is 2.84. The summed E-state index contributed by atoms with van der Waals surface area (Å²) in [6.07, 6.45) is 6.34. The number of aliphatic hydroxyl groups is 1. The summed E-state index contributed by atoms with van der Waals surface area (Å²) in [6, 6.07) is 4.47. The first-order valence-electron chi connectivity index (χ1n) is 9.33. The molecule has 2 aromatic heterocycles. The van der Waals surface area contributed by atoms with Gasteiger partial charge in [0.05, 0.1) is 18.3 Å². The van der Waals surface area contributed by atoms with Gasteiger partial charge in [0.15, 0.2) is 0 Å². The summed E-state index contributed by atoms with van der Waals surface area (Å²) in [7, 11) is 0. The lowest BCUT2D eigenvalue weighted by Gasteiger charge is -2.39. The molecule has 1 atom stereocenters. The highest BCUT2D eigenvalue weighted by Gasteiger charge is 2.39. The van der Waals surface area contributed by atoms with Gasteiger partial charge in [0.2, 0.25) is 0 Å². The lowest BCUT2D eigenvalue weighted by molar-refractivity contribution is 0.0174. The highest BCUT2D eigenvalue weighted by molar-refractivity contribution is 5.57. The van der Waals surface area contributed by atoms with Crippen molar-refractivity contribution in [3.63, 3.8) is 0 Å². The molecule has 7 nitrogen and oxygen atoms in total. The van der Waals surface area contributed by atoms with Crippen molar-refractivity contribution in [1.29, 1.82) is 5.26 Å². The van der Waals surface area contributed by atoms with Crippen LogP contribution in [0, 0.1) is 11.3 Å². The first-order chi connectivity index (χ1) is 12.5. The minimum atomic E-state index is -1.07. The summed E-state index contributed by atoms with van der Waals surface area (Å²) in [6.45, 7) is 5.22. The Kier molecular flexibility index (Phi) is 4.16. The second kappa shape index (κ2) is 6.36. The van der Waals surface area contributed by atoms with Crippen molar-refractivity contribution in [2.24, 2.45) is 0 Å². The second-order valence-corrected chi connectivity index (χ2v) is 7.66. The maximum absolute atomic E-state index is 11.3. The monoisotopic (exact) mass is 352 g/mol. The quantitative estimate of drug-likeness (QED) is 0.910. The highest BCUT2D eigenvalue weighted by atomic mass is 16.3. The number of fused-ring (bicyclic) bond motifs is 1. The predicted molar refractivity (Wildman–Crippen MR) is 96.7 cm³/mol. The van der Waals surface area contributed by atoms with Crippen LogP contribution in [0.2, 0.25) is 0 Å². The van der Waals surface area contributed by atoms with E-state index in [-0.39, 0.29) is 6.04 Å². The largest absolute Gasteiger partial charge is 0.382 e. The SMILES string of the molecule is CC(C)n1cc([C@@]2(O)CCCN(c3nc4c(cc3C#N)CCC4)C2)nn1. The van der Waals surface area contributed by atoms with Crippen LogP contribution in [0.25, 0.3) is 0 Å². The van der Waals surface area contributed by atoms with E-state index < -0.39 is 5.60 Å². The van der Waals surface area contributed by atoms with Crippen LogP contribution < -0.4 is 4.90 Å². The Bertz CT molecular complexity index is 867. The maximum Gasteiger partial charge on any atom is 0.146 e. The number of rotatable bonds is 3. The van der Waals surface area contributed by atoms with E-state index in [0.717, 1.165) is 37.9 Å². The molecule has 1 N–H and O–H groups in total. The molecule has 0 radical (unpaired) electrons. The fraction of sp³-hybridized carbons (Fsp3) is 0.579. The molecule has 1 aliphatic carbocycles. The van der Waals surface area contributed by atoms with Gasteiger partial charge >= 0.3 is 0 Å². The molecule has 1 fully saturated rings. The Hall–Kier alpha value is -2.46. The fourth-order valence-corrected chi connectivity index (χ4v) is 3.95. The first-order valence-corrected chi connectivity index (χ1v) is 9.33. The van der Waals surface area contributed by atoms with Gasteiger partial charge in [-0.05, 0) is 57.6 Å². The van der Waals surface area contributed by atoms with Crippen LogP contribution >= 0.6 is 0 Å². The van der Waals surface area contributed by atoms with Gasteiger partial charge in [0.1, 0.15) is 23.2 Å². The van der Waals surface area contributed by atoms with Gasteiger partial charge in [0, 0.05) is 18.3 Å². The average Bonchev–Trinajstić information content (AvgIpc) is 3.30. The zero-order chi connectivity index (χ0) is 18.3. The minimum Gasteiger partial charge on any atom is -0.382 e. The number of nitrogens with zero attached hydrogens (tertiary/aromatic N) is 6. The first kappa shape index (κ1) is 17.0. The number of nitriles is 1. The van der Waals surface area contributed by atoms with E-state index in [1.165, 1.54) is 5.56 Å². The molecule has 0 bridgehead atoms. The summed E-state index contributed by atoms with van der Waals surface area (Å²) in [5, 5.41) is 29.2. The van der Waals surface area contributed by atoms with Gasteiger partial charge in [-0.1, -0.05) is 5.21 Å². The van der Waals surface area contributed by atoms with E-state index in [0.29, 0.717) is 30.0 Å². The lowest BCUT2D eigenvalue weighted by atomic mass is 9.89. The molecular weight excluding hydrogens is 328 g/mol. The van der Waals surface area contributed by atoms with Gasteiger partial charge in [-0.2, -0.15) is 5.26 Å². The van der Waals surface area contributed by atoms with Crippen LogP contribution in [0.4, 0.5) is 5.82 Å². The van der Waals surface area contributed by atoms with Crippen LogP contribution in [0.1, 0.15) is 61.7 Å².